The largest absolute Gasteiger partial charge is 0.495 e. The molecule has 7 heteroatoms. The number of nitrogens with zero attached hydrogens (tertiary/aromatic N) is 1. The van der Waals surface area contributed by atoms with Gasteiger partial charge < -0.3 is 10.1 Å². The van der Waals surface area contributed by atoms with Crippen molar-refractivity contribution in [3.63, 3.8) is 0 Å². The molecule has 0 unspecified atom stereocenters. The third kappa shape index (κ3) is 4.68. The first-order valence-corrected chi connectivity index (χ1v) is 9.85. The van der Waals surface area contributed by atoms with Gasteiger partial charge in [0.25, 0.3) is 0 Å². The maximum atomic E-state index is 12.3. The molecule has 0 fully saturated rings. The molecule has 128 valence electrons. The molecule has 0 atom stereocenters. The fourth-order valence-corrected chi connectivity index (χ4v) is 3.86. The van der Waals surface area contributed by atoms with Gasteiger partial charge in [-0.15, -0.1) is 11.3 Å². The van der Waals surface area contributed by atoms with Crippen molar-refractivity contribution in [3.05, 3.63) is 62.5 Å². The number of benzene rings is 2. The lowest BCUT2D eigenvalue weighted by atomic mass is 10.2. The van der Waals surface area contributed by atoms with Crippen molar-refractivity contribution < 1.29 is 9.53 Å². The summed E-state index contributed by atoms with van der Waals surface area (Å²) in [7, 11) is 1.57. The minimum absolute atomic E-state index is 0.137. The maximum absolute atomic E-state index is 12.3. The summed E-state index contributed by atoms with van der Waals surface area (Å²) >= 11 is 8.38. The molecule has 0 aliphatic heterocycles. The van der Waals surface area contributed by atoms with E-state index in [9.17, 15) is 4.79 Å². The van der Waals surface area contributed by atoms with Crippen molar-refractivity contribution in [1.29, 1.82) is 0 Å². The molecule has 0 saturated carbocycles. The lowest BCUT2D eigenvalue weighted by Crippen LogP contribution is -2.15. The molecular formula is C18H14Br2N2O2S. The number of methoxy groups -OCH3 is 1. The number of nitrogens with one attached hydrogen (secondary N) is 1. The van der Waals surface area contributed by atoms with Gasteiger partial charge in [-0.2, -0.15) is 0 Å². The molecule has 0 aliphatic rings. The van der Waals surface area contributed by atoms with Crippen LogP contribution in [0.15, 0.2) is 56.8 Å². The number of carbonyl (C=O) groups is 1. The number of hydrogen-bond acceptors (Lipinski definition) is 4. The summed E-state index contributed by atoms with van der Waals surface area (Å²) in [5, 5.41) is 5.68. The second kappa shape index (κ2) is 8.12. The highest BCUT2D eigenvalue weighted by molar-refractivity contribution is 9.10. The van der Waals surface area contributed by atoms with Gasteiger partial charge in [0.15, 0.2) is 0 Å². The van der Waals surface area contributed by atoms with Gasteiger partial charge in [-0.05, 0) is 30.3 Å². The number of ether oxygens (including phenoxy) is 1. The van der Waals surface area contributed by atoms with E-state index in [4.69, 9.17) is 4.74 Å². The van der Waals surface area contributed by atoms with Gasteiger partial charge in [0.05, 0.1) is 24.9 Å². The van der Waals surface area contributed by atoms with E-state index in [1.165, 1.54) is 11.3 Å². The zero-order valence-corrected chi connectivity index (χ0v) is 17.2. The predicted octanol–water partition coefficient (Wildman–Crippen LogP) is 5.52. The van der Waals surface area contributed by atoms with E-state index < -0.39 is 0 Å². The Morgan fingerprint density at radius 2 is 2.00 bits per heavy atom. The molecule has 0 aliphatic carbocycles. The Balaban J connectivity index is 1.71. The Labute approximate surface area is 166 Å². The van der Waals surface area contributed by atoms with Crippen LogP contribution < -0.4 is 10.1 Å². The number of anilines is 1. The Bertz CT molecular complexity index is 912. The van der Waals surface area contributed by atoms with Gasteiger partial charge in [0, 0.05) is 19.9 Å². The van der Waals surface area contributed by atoms with E-state index >= 15 is 0 Å². The molecule has 1 N–H and O–H groups in total. The second-order valence-electron chi connectivity index (χ2n) is 5.22. The van der Waals surface area contributed by atoms with Crippen LogP contribution in [0, 0.1) is 0 Å². The number of thiazole rings is 1. The molecule has 3 aromatic rings. The summed E-state index contributed by atoms with van der Waals surface area (Å²) in [5.41, 5.74) is 2.40. The average Bonchev–Trinajstić information content (AvgIpc) is 3.03. The standard InChI is InChI=1S/C18H14Br2N2O2S/c1-24-16-6-5-13(20)8-15(16)22-17(23)9-14-10-25-18(21-14)11-3-2-4-12(19)7-11/h2-8,10H,9H2,1H3,(H,22,23). The highest BCUT2D eigenvalue weighted by Gasteiger charge is 2.12. The summed E-state index contributed by atoms with van der Waals surface area (Å²) in [6.45, 7) is 0. The van der Waals surface area contributed by atoms with E-state index in [0.29, 0.717) is 11.4 Å². The first-order valence-electron chi connectivity index (χ1n) is 7.39. The molecule has 1 amide bonds. The lowest BCUT2D eigenvalue weighted by molar-refractivity contribution is -0.115. The van der Waals surface area contributed by atoms with Gasteiger partial charge in [-0.25, -0.2) is 4.98 Å². The number of amides is 1. The molecule has 0 saturated heterocycles. The summed E-state index contributed by atoms with van der Waals surface area (Å²) in [4.78, 5) is 16.9. The SMILES string of the molecule is COc1ccc(Br)cc1NC(=O)Cc1csc(-c2cccc(Br)c2)n1. The molecule has 25 heavy (non-hydrogen) atoms. The smallest absolute Gasteiger partial charge is 0.230 e. The van der Waals surface area contributed by atoms with Crippen LogP contribution in [0.3, 0.4) is 0 Å². The van der Waals surface area contributed by atoms with Crippen LogP contribution in [0.5, 0.6) is 5.75 Å². The Morgan fingerprint density at radius 3 is 2.76 bits per heavy atom. The fourth-order valence-electron chi connectivity index (χ4n) is 2.28. The molecule has 1 aromatic heterocycles. The third-order valence-corrected chi connectivity index (χ3v) is 5.33. The number of aromatic nitrogens is 1. The van der Waals surface area contributed by atoms with Gasteiger partial charge in [0.2, 0.25) is 5.91 Å². The van der Waals surface area contributed by atoms with Gasteiger partial charge in [0.1, 0.15) is 10.8 Å². The zero-order chi connectivity index (χ0) is 17.8. The summed E-state index contributed by atoms with van der Waals surface area (Å²) in [6.07, 6.45) is 0.209. The molecule has 0 spiro atoms. The Kier molecular flexibility index (Phi) is 5.88. The third-order valence-electron chi connectivity index (χ3n) is 3.40. The van der Waals surface area contributed by atoms with Crippen molar-refractivity contribution in [3.8, 4) is 16.3 Å². The van der Waals surface area contributed by atoms with E-state index in [2.05, 4.69) is 42.2 Å². The van der Waals surface area contributed by atoms with Crippen molar-refractivity contribution in [1.82, 2.24) is 4.98 Å². The van der Waals surface area contributed by atoms with E-state index in [1.807, 2.05) is 41.8 Å². The first kappa shape index (κ1) is 18.1. The average molecular weight is 482 g/mol. The van der Waals surface area contributed by atoms with Gasteiger partial charge in [-0.1, -0.05) is 44.0 Å². The van der Waals surface area contributed by atoms with Crippen LogP contribution in [0.2, 0.25) is 0 Å². The van der Waals surface area contributed by atoms with Crippen LogP contribution in [0.1, 0.15) is 5.69 Å². The number of carbonyl (C=O) groups excluding carboxylic acids is 1. The van der Waals surface area contributed by atoms with Crippen LogP contribution in [0.4, 0.5) is 5.69 Å². The van der Waals surface area contributed by atoms with Crippen LogP contribution in [0.25, 0.3) is 10.6 Å². The van der Waals surface area contributed by atoms with Gasteiger partial charge >= 0.3 is 0 Å². The molecule has 1 heterocycles. The van der Waals surface area contributed by atoms with Crippen LogP contribution in [-0.4, -0.2) is 18.0 Å². The number of halogens is 2. The quantitative estimate of drug-likeness (QED) is 0.521. The van der Waals surface area contributed by atoms with Crippen molar-refractivity contribution >= 4 is 54.8 Å². The number of rotatable bonds is 5. The van der Waals surface area contributed by atoms with Gasteiger partial charge in [-0.3, -0.25) is 4.79 Å². The molecular weight excluding hydrogens is 468 g/mol. The topological polar surface area (TPSA) is 51.2 Å². The van der Waals surface area contributed by atoms with E-state index in [0.717, 1.165) is 25.2 Å². The molecule has 0 bridgehead atoms. The van der Waals surface area contributed by atoms with Crippen molar-refractivity contribution in [2.24, 2.45) is 0 Å². The highest BCUT2D eigenvalue weighted by atomic mass is 79.9. The summed E-state index contributed by atoms with van der Waals surface area (Å²) < 4.78 is 7.14. The predicted molar refractivity (Wildman–Crippen MR) is 108 cm³/mol. The molecule has 2 aromatic carbocycles. The normalized spacial score (nSPS) is 10.5. The maximum Gasteiger partial charge on any atom is 0.230 e. The first-order chi connectivity index (χ1) is 12.0. The van der Waals surface area contributed by atoms with E-state index in [-0.39, 0.29) is 12.3 Å². The monoisotopic (exact) mass is 480 g/mol. The van der Waals surface area contributed by atoms with E-state index in [1.54, 1.807) is 13.2 Å². The van der Waals surface area contributed by atoms with Crippen LogP contribution >= 0.6 is 43.2 Å². The second-order valence-corrected chi connectivity index (χ2v) is 7.91. The molecule has 0 radical (unpaired) electrons. The zero-order valence-electron chi connectivity index (χ0n) is 13.3. The van der Waals surface area contributed by atoms with Crippen LogP contribution in [-0.2, 0) is 11.2 Å². The Hall–Kier alpha value is -1.70. The highest BCUT2D eigenvalue weighted by Crippen LogP contribution is 2.29. The summed E-state index contributed by atoms with van der Waals surface area (Å²) in [6, 6.07) is 13.4. The molecule has 3 rings (SSSR count). The minimum Gasteiger partial charge on any atom is -0.495 e. The number of hydrogen-bond donors (Lipinski definition) is 1. The van der Waals surface area contributed by atoms with Crippen molar-refractivity contribution in [2.75, 3.05) is 12.4 Å². The fraction of sp³-hybridized carbons (Fsp3) is 0.111. The lowest BCUT2D eigenvalue weighted by Gasteiger charge is -2.10. The summed E-state index contributed by atoms with van der Waals surface area (Å²) in [5.74, 6) is 0.479. The molecule has 4 nitrogen and oxygen atoms in total. The van der Waals surface area contributed by atoms with Crippen molar-refractivity contribution in [2.45, 2.75) is 6.42 Å². The minimum atomic E-state index is -0.137. The Morgan fingerprint density at radius 1 is 1.20 bits per heavy atom.